The zero-order valence-electron chi connectivity index (χ0n) is 17.8. The van der Waals surface area contributed by atoms with E-state index in [1.807, 2.05) is 30.3 Å². The normalized spacial score (nSPS) is 13.8. The number of rotatable bonds is 4. The number of hydrogen-bond acceptors (Lipinski definition) is 4. The van der Waals surface area contributed by atoms with Crippen molar-refractivity contribution < 1.29 is 18.4 Å². The standard InChI is InChI=1S/C26H22FN3O3/c27-21-12-6-4-10-19(21)25(31)28-23-20-11-5-7-13-22(20)33-24(23)26(32)30-16-14-29(15-17-30)18-8-2-1-3-9-18/h1-13H,14-17H2,(H,28,31). The van der Waals surface area contributed by atoms with Crippen molar-refractivity contribution in [1.29, 1.82) is 0 Å². The Labute approximate surface area is 190 Å². The molecule has 2 amide bonds. The summed E-state index contributed by atoms with van der Waals surface area (Å²) in [5, 5.41) is 3.31. The summed E-state index contributed by atoms with van der Waals surface area (Å²) in [7, 11) is 0. The molecule has 0 radical (unpaired) electrons. The first kappa shape index (κ1) is 20.8. The van der Waals surface area contributed by atoms with E-state index in [1.165, 1.54) is 18.2 Å². The highest BCUT2D eigenvalue weighted by atomic mass is 19.1. The number of hydrogen-bond donors (Lipinski definition) is 1. The Bertz CT molecular complexity index is 1310. The molecule has 33 heavy (non-hydrogen) atoms. The predicted molar refractivity (Wildman–Crippen MR) is 125 cm³/mol. The third kappa shape index (κ3) is 4.05. The molecule has 1 N–H and O–H groups in total. The summed E-state index contributed by atoms with van der Waals surface area (Å²) in [6, 6.07) is 22.9. The Balaban J connectivity index is 1.41. The van der Waals surface area contributed by atoms with E-state index < -0.39 is 11.7 Å². The number of nitrogens with one attached hydrogen (secondary N) is 1. The molecule has 3 aromatic carbocycles. The van der Waals surface area contributed by atoms with Crippen LogP contribution in [0.1, 0.15) is 20.9 Å². The number of halogens is 1. The molecule has 1 saturated heterocycles. The number of para-hydroxylation sites is 2. The van der Waals surface area contributed by atoms with Crippen LogP contribution in [-0.2, 0) is 0 Å². The molecule has 7 heteroatoms. The van der Waals surface area contributed by atoms with Crippen molar-refractivity contribution in [2.24, 2.45) is 0 Å². The average molecular weight is 443 g/mol. The number of furan rings is 1. The van der Waals surface area contributed by atoms with Crippen LogP contribution >= 0.6 is 0 Å². The Morgan fingerprint density at radius 3 is 2.24 bits per heavy atom. The molecule has 0 spiro atoms. The van der Waals surface area contributed by atoms with E-state index in [0.717, 1.165) is 5.69 Å². The van der Waals surface area contributed by atoms with Crippen LogP contribution in [0.15, 0.2) is 83.3 Å². The maximum Gasteiger partial charge on any atom is 0.291 e. The second kappa shape index (κ2) is 8.78. The van der Waals surface area contributed by atoms with Gasteiger partial charge in [-0.1, -0.05) is 42.5 Å². The third-order valence-corrected chi connectivity index (χ3v) is 5.83. The minimum Gasteiger partial charge on any atom is -0.449 e. The van der Waals surface area contributed by atoms with E-state index in [2.05, 4.69) is 10.2 Å². The van der Waals surface area contributed by atoms with Crippen molar-refractivity contribution in [3.8, 4) is 0 Å². The minimum atomic E-state index is -0.636. The number of piperazine rings is 1. The first-order chi connectivity index (χ1) is 16.1. The van der Waals surface area contributed by atoms with E-state index in [0.29, 0.717) is 37.1 Å². The van der Waals surface area contributed by atoms with E-state index >= 15 is 0 Å². The largest absolute Gasteiger partial charge is 0.449 e. The van der Waals surface area contributed by atoms with Gasteiger partial charge in [-0.2, -0.15) is 0 Å². The maximum atomic E-state index is 14.1. The lowest BCUT2D eigenvalue weighted by Crippen LogP contribution is -2.48. The molecule has 6 nitrogen and oxygen atoms in total. The highest BCUT2D eigenvalue weighted by Crippen LogP contribution is 2.32. The fourth-order valence-electron chi connectivity index (χ4n) is 4.10. The summed E-state index contributed by atoms with van der Waals surface area (Å²) in [6.07, 6.45) is 0. The van der Waals surface area contributed by atoms with Crippen molar-refractivity contribution in [1.82, 2.24) is 4.90 Å². The molecule has 1 fully saturated rings. The Kier molecular flexibility index (Phi) is 5.52. The van der Waals surface area contributed by atoms with Gasteiger partial charge in [0.25, 0.3) is 11.8 Å². The third-order valence-electron chi connectivity index (χ3n) is 5.83. The van der Waals surface area contributed by atoms with Gasteiger partial charge in [0.1, 0.15) is 17.1 Å². The van der Waals surface area contributed by atoms with Crippen LogP contribution in [0.2, 0.25) is 0 Å². The van der Waals surface area contributed by atoms with Gasteiger partial charge in [0.15, 0.2) is 0 Å². The summed E-state index contributed by atoms with van der Waals surface area (Å²) in [4.78, 5) is 30.2. The van der Waals surface area contributed by atoms with Gasteiger partial charge in [-0.15, -0.1) is 0 Å². The fraction of sp³-hybridized carbons (Fsp3) is 0.154. The highest BCUT2D eigenvalue weighted by Gasteiger charge is 2.29. The molecule has 4 aromatic rings. The first-order valence-electron chi connectivity index (χ1n) is 10.8. The number of anilines is 2. The number of amides is 2. The molecular weight excluding hydrogens is 421 g/mol. The monoisotopic (exact) mass is 443 g/mol. The first-order valence-corrected chi connectivity index (χ1v) is 10.8. The average Bonchev–Trinajstić information content (AvgIpc) is 3.23. The van der Waals surface area contributed by atoms with Gasteiger partial charge in [-0.3, -0.25) is 9.59 Å². The number of carbonyl (C=O) groups excluding carboxylic acids is 2. The highest BCUT2D eigenvalue weighted by molar-refractivity contribution is 6.14. The molecule has 0 bridgehead atoms. The lowest BCUT2D eigenvalue weighted by molar-refractivity contribution is 0.0718. The van der Waals surface area contributed by atoms with Gasteiger partial charge >= 0.3 is 0 Å². The van der Waals surface area contributed by atoms with Gasteiger partial charge in [-0.25, -0.2) is 4.39 Å². The Morgan fingerprint density at radius 2 is 1.48 bits per heavy atom. The van der Waals surface area contributed by atoms with Crippen LogP contribution in [0.25, 0.3) is 11.0 Å². The van der Waals surface area contributed by atoms with E-state index in [9.17, 15) is 14.0 Å². The summed E-state index contributed by atoms with van der Waals surface area (Å²) < 4.78 is 20.0. The molecule has 0 saturated carbocycles. The van der Waals surface area contributed by atoms with E-state index in [4.69, 9.17) is 4.42 Å². The Hall–Kier alpha value is -4.13. The quantitative estimate of drug-likeness (QED) is 0.493. The van der Waals surface area contributed by atoms with Crippen molar-refractivity contribution in [3.05, 3.63) is 96.0 Å². The van der Waals surface area contributed by atoms with E-state index in [-0.39, 0.29) is 22.9 Å². The SMILES string of the molecule is O=C(Nc1c(C(=O)N2CCN(c3ccccc3)CC2)oc2ccccc12)c1ccccc1F. The summed E-state index contributed by atoms with van der Waals surface area (Å²) in [5.41, 5.74) is 1.76. The number of carbonyl (C=O) groups is 2. The number of nitrogens with zero attached hydrogens (tertiary/aromatic N) is 2. The van der Waals surface area contributed by atoms with Crippen LogP contribution in [0, 0.1) is 5.82 Å². The van der Waals surface area contributed by atoms with Gasteiger partial charge < -0.3 is 19.5 Å². The van der Waals surface area contributed by atoms with Crippen molar-refractivity contribution in [2.75, 3.05) is 36.4 Å². The molecular formula is C26H22FN3O3. The fourth-order valence-corrected chi connectivity index (χ4v) is 4.10. The molecule has 0 unspecified atom stereocenters. The lowest BCUT2D eigenvalue weighted by atomic mass is 10.1. The molecule has 0 atom stereocenters. The van der Waals surface area contributed by atoms with E-state index in [1.54, 1.807) is 35.2 Å². The van der Waals surface area contributed by atoms with Gasteiger partial charge in [0.05, 0.1) is 5.56 Å². The molecule has 2 heterocycles. The second-order valence-corrected chi connectivity index (χ2v) is 7.85. The number of fused-ring (bicyclic) bond motifs is 1. The summed E-state index contributed by atoms with van der Waals surface area (Å²) in [5.74, 6) is -1.52. The smallest absolute Gasteiger partial charge is 0.291 e. The Morgan fingerprint density at radius 1 is 0.818 bits per heavy atom. The van der Waals surface area contributed by atoms with Crippen LogP contribution in [0.3, 0.4) is 0 Å². The van der Waals surface area contributed by atoms with Crippen LogP contribution in [0.5, 0.6) is 0 Å². The second-order valence-electron chi connectivity index (χ2n) is 7.85. The lowest BCUT2D eigenvalue weighted by Gasteiger charge is -2.35. The molecule has 1 aliphatic heterocycles. The molecule has 166 valence electrons. The van der Waals surface area contributed by atoms with Crippen molar-refractivity contribution in [3.63, 3.8) is 0 Å². The van der Waals surface area contributed by atoms with Gasteiger partial charge in [-0.05, 0) is 36.4 Å². The number of benzene rings is 3. The topological polar surface area (TPSA) is 65.8 Å². The molecule has 1 aliphatic rings. The molecule has 5 rings (SSSR count). The zero-order chi connectivity index (χ0) is 22.8. The molecule has 0 aliphatic carbocycles. The molecule has 1 aromatic heterocycles. The maximum absolute atomic E-state index is 14.1. The van der Waals surface area contributed by atoms with Crippen LogP contribution in [-0.4, -0.2) is 42.9 Å². The predicted octanol–water partition coefficient (Wildman–Crippen LogP) is 4.79. The van der Waals surface area contributed by atoms with Crippen molar-refractivity contribution in [2.45, 2.75) is 0 Å². The summed E-state index contributed by atoms with van der Waals surface area (Å²) >= 11 is 0. The van der Waals surface area contributed by atoms with Gasteiger partial charge in [0, 0.05) is 37.3 Å². The van der Waals surface area contributed by atoms with Gasteiger partial charge in [0.2, 0.25) is 5.76 Å². The van der Waals surface area contributed by atoms with Crippen LogP contribution < -0.4 is 10.2 Å². The minimum absolute atomic E-state index is 0.0500. The summed E-state index contributed by atoms with van der Waals surface area (Å²) in [6.45, 7) is 2.41. The van der Waals surface area contributed by atoms with Crippen LogP contribution in [0.4, 0.5) is 15.8 Å². The zero-order valence-corrected chi connectivity index (χ0v) is 17.8. The van der Waals surface area contributed by atoms with Crippen molar-refractivity contribution >= 4 is 34.2 Å².